The molecule has 0 aliphatic heterocycles. The number of benzene rings is 1. The Hall–Kier alpha value is 1.02. The molecule has 0 N–H and O–H groups in total. The van der Waals surface area contributed by atoms with Crippen LogP contribution >= 0.6 is 80.0 Å². The van der Waals surface area contributed by atoms with Gasteiger partial charge in [0.15, 0.2) is 5.75 Å². The van der Waals surface area contributed by atoms with Crippen LogP contribution in [0.2, 0.25) is 5.02 Å². The molecule has 0 saturated carbocycles. The molecule has 1 aromatic carbocycles. The topological polar surface area (TPSA) is 26.3 Å². The number of rotatable bonds is 4. The van der Waals surface area contributed by atoms with Gasteiger partial charge < -0.3 is 4.74 Å². The molecule has 16 heavy (non-hydrogen) atoms. The maximum absolute atomic E-state index is 11.1. The molecular weight excluding hydrogens is 500 g/mol. The Balaban J connectivity index is 3.23. The molecule has 0 aliphatic rings. The van der Waals surface area contributed by atoms with Gasteiger partial charge in [-0.05, 0) is 62.8 Å². The maximum atomic E-state index is 11.1. The number of hydrogen-bond acceptors (Lipinski definition) is 2. The minimum Gasteiger partial charge on any atom is -0.490 e. The first-order chi connectivity index (χ1) is 7.49. The van der Waals surface area contributed by atoms with E-state index < -0.39 is 5.24 Å². The van der Waals surface area contributed by atoms with Crippen LogP contribution in [-0.2, 0) is 0 Å². The van der Waals surface area contributed by atoms with Crippen LogP contribution in [0.5, 0.6) is 5.75 Å². The fourth-order valence-corrected chi connectivity index (χ4v) is 3.18. The summed E-state index contributed by atoms with van der Waals surface area (Å²) in [7, 11) is 0. The van der Waals surface area contributed by atoms with Gasteiger partial charge in [0.2, 0.25) is 0 Å². The summed E-state index contributed by atoms with van der Waals surface area (Å²) in [5, 5.41) is -0.174. The van der Waals surface area contributed by atoms with Crippen LogP contribution in [0.4, 0.5) is 0 Å². The number of halogens is 5. The average molecular weight is 505 g/mol. The Morgan fingerprint density at radius 1 is 1.38 bits per heavy atom. The van der Waals surface area contributed by atoms with Crippen LogP contribution in [0.3, 0.4) is 0 Å². The SMILES string of the molecule is O=C(Cl)c1cc(Cl)c(OCCCl)c(I)c1I. The third kappa shape index (κ3) is 3.51. The van der Waals surface area contributed by atoms with Gasteiger partial charge in [0.25, 0.3) is 5.24 Å². The smallest absolute Gasteiger partial charge is 0.253 e. The molecule has 7 heteroatoms. The van der Waals surface area contributed by atoms with Crippen molar-refractivity contribution in [3.05, 3.63) is 23.8 Å². The summed E-state index contributed by atoms with van der Waals surface area (Å²) in [5.74, 6) is 0.910. The van der Waals surface area contributed by atoms with Crippen LogP contribution in [-0.4, -0.2) is 17.7 Å². The van der Waals surface area contributed by atoms with E-state index in [4.69, 9.17) is 39.5 Å². The van der Waals surface area contributed by atoms with Gasteiger partial charge in [0, 0.05) is 3.57 Å². The molecule has 2 nitrogen and oxygen atoms in total. The summed E-state index contributed by atoms with van der Waals surface area (Å²) in [5.41, 5.74) is 0.384. The molecule has 0 aliphatic carbocycles. The van der Waals surface area contributed by atoms with Crippen molar-refractivity contribution < 1.29 is 9.53 Å². The fraction of sp³-hybridized carbons (Fsp3) is 0.222. The van der Waals surface area contributed by atoms with E-state index in [0.717, 1.165) is 7.14 Å². The van der Waals surface area contributed by atoms with Crippen molar-refractivity contribution in [2.24, 2.45) is 0 Å². The largest absolute Gasteiger partial charge is 0.490 e. The summed E-state index contributed by atoms with van der Waals surface area (Å²) < 4.78 is 6.89. The van der Waals surface area contributed by atoms with Crippen molar-refractivity contribution in [1.82, 2.24) is 0 Å². The van der Waals surface area contributed by atoms with Crippen LogP contribution < -0.4 is 4.74 Å². The zero-order chi connectivity index (χ0) is 12.3. The molecule has 0 radical (unpaired) electrons. The van der Waals surface area contributed by atoms with Crippen molar-refractivity contribution in [1.29, 1.82) is 0 Å². The van der Waals surface area contributed by atoms with Gasteiger partial charge in [0.05, 0.1) is 20.0 Å². The average Bonchev–Trinajstić information content (AvgIpc) is 2.23. The minimum atomic E-state index is -0.534. The molecule has 0 amide bonds. The van der Waals surface area contributed by atoms with Gasteiger partial charge in [-0.2, -0.15) is 0 Å². The molecule has 0 bridgehead atoms. The summed E-state index contributed by atoms with van der Waals surface area (Å²) in [6.45, 7) is 0.363. The van der Waals surface area contributed by atoms with Gasteiger partial charge in [-0.1, -0.05) is 11.6 Å². The number of carbonyl (C=O) groups is 1. The molecule has 0 heterocycles. The molecular formula is C9H5Cl3I2O2. The quantitative estimate of drug-likeness (QED) is 0.260. The van der Waals surface area contributed by atoms with E-state index in [9.17, 15) is 4.79 Å². The normalized spacial score (nSPS) is 10.3. The van der Waals surface area contributed by atoms with Crippen molar-refractivity contribution in [3.63, 3.8) is 0 Å². The van der Waals surface area contributed by atoms with Gasteiger partial charge in [-0.25, -0.2) is 0 Å². The minimum absolute atomic E-state index is 0.360. The van der Waals surface area contributed by atoms with Gasteiger partial charge in [-0.15, -0.1) is 11.6 Å². The van der Waals surface area contributed by atoms with Gasteiger partial charge in [0.1, 0.15) is 6.61 Å². The van der Waals surface area contributed by atoms with E-state index >= 15 is 0 Å². The number of hydrogen-bond donors (Lipinski definition) is 0. The molecule has 0 atom stereocenters. The molecule has 0 fully saturated rings. The third-order valence-electron chi connectivity index (χ3n) is 1.65. The van der Waals surface area contributed by atoms with E-state index in [2.05, 4.69) is 22.6 Å². The third-order valence-corrected chi connectivity index (χ3v) is 5.47. The van der Waals surface area contributed by atoms with Crippen LogP contribution in [0.25, 0.3) is 0 Å². The molecule has 0 aromatic heterocycles. The standard InChI is InChI=1S/C9H5Cl3I2O2/c10-1-2-16-8-5(11)3-4(9(12)15)6(13)7(8)14/h3H,1-2H2. The van der Waals surface area contributed by atoms with Crippen LogP contribution in [0.1, 0.15) is 10.4 Å². The first-order valence-corrected chi connectivity index (χ1v) is 7.50. The summed E-state index contributed by atoms with van der Waals surface area (Å²) >= 11 is 21.1. The Kier molecular flexibility index (Phi) is 6.43. The lowest BCUT2D eigenvalue weighted by molar-refractivity contribution is 0.108. The van der Waals surface area contributed by atoms with Crippen LogP contribution in [0, 0.1) is 7.14 Å². The Morgan fingerprint density at radius 2 is 2.00 bits per heavy atom. The zero-order valence-electron chi connectivity index (χ0n) is 7.70. The van der Waals surface area contributed by atoms with Crippen molar-refractivity contribution in [2.45, 2.75) is 0 Å². The lowest BCUT2D eigenvalue weighted by atomic mass is 10.2. The zero-order valence-corrected chi connectivity index (χ0v) is 14.3. The van der Waals surface area contributed by atoms with E-state index in [0.29, 0.717) is 28.8 Å². The monoisotopic (exact) mass is 504 g/mol. The highest BCUT2D eigenvalue weighted by Gasteiger charge is 2.18. The lowest BCUT2D eigenvalue weighted by Gasteiger charge is -2.12. The molecule has 0 spiro atoms. The van der Waals surface area contributed by atoms with Crippen molar-refractivity contribution in [2.75, 3.05) is 12.5 Å². The lowest BCUT2D eigenvalue weighted by Crippen LogP contribution is -2.04. The fourth-order valence-electron chi connectivity index (χ4n) is 0.994. The highest BCUT2D eigenvalue weighted by Crippen LogP contribution is 2.36. The van der Waals surface area contributed by atoms with E-state index in [1.165, 1.54) is 6.07 Å². The molecule has 1 aromatic rings. The summed E-state index contributed by atoms with van der Waals surface area (Å²) in [6, 6.07) is 1.50. The van der Waals surface area contributed by atoms with E-state index in [1.807, 2.05) is 22.6 Å². The highest BCUT2D eigenvalue weighted by atomic mass is 127. The maximum Gasteiger partial charge on any atom is 0.253 e. The Labute approximate surface area is 135 Å². The second-order valence-corrected chi connectivity index (χ2v) is 5.96. The predicted molar refractivity (Wildman–Crippen MR) is 83.3 cm³/mol. The molecule has 0 saturated heterocycles. The predicted octanol–water partition coefficient (Wildman–Crippen LogP) is 4.55. The van der Waals surface area contributed by atoms with Crippen molar-refractivity contribution >= 4 is 85.2 Å². The van der Waals surface area contributed by atoms with Crippen molar-refractivity contribution in [3.8, 4) is 5.75 Å². The molecule has 0 unspecified atom stereocenters. The second kappa shape index (κ2) is 6.82. The van der Waals surface area contributed by atoms with Crippen LogP contribution in [0.15, 0.2) is 6.07 Å². The molecule has 88 valence electrons. The Bertz CT molecular complexity index is 424. The first kappa shape index (κ1) is 15.1. The number of ether oxygens (including phenoxy) is 1. The van der Waals surface area contributed by atoms with Gasteiger partial charge >= 0.3 is 0 Å². The first-order valence-electron chi connectivity index (χ1n) is 4.05. The van der Waals surface area contributed by atoms with Gasteiger partial charge in [-0.3, -0.25) is 4.79 Å². The highest BCUT2D eigenvalue weighted by molar-refractivity contribution is 14.1. The summed E-state index contributed by atoms with van der Waals surface area (Å²) in [6.07, 6.45) is 0. The Morgan fingerprint density at radius 3 is 2.50 bits per heavy atom. The number of carbonyl (C=O) groups excluding carboxylic acids is 1. The van der Waals surface area contributed by atoms with E-state index in [1.54, 1.807) is 0 Å². The van der Waals surface area contributed by atoms with E-state index in [-0.39, 0.29) is 0 Å². The molecule has 1 rings (SSSR count). The second-order valence-electron chi connectivity index (χ2n) is 2.67. The number of alkyl halides is 1. The summed E-state index contributed by atoms with van der Waals surface area (Å²) in [4.78, 5) is 11.1.